The predicted octanol–water partition coefficient (Wildman–Crippen LogP) is 3.86. The van der Waals surface area contributed by atoms with Crippen LogP contribution < -0.4 is 5.32 Å². The van der Waals surface area contributed by atoms with E-state index < -0.39 is 5.60 Å². The van der Waals surface area contributed by atoms with Crippen molar-refractivity contribution in [2.24, 2.45) is 0 Å². The van der Waals surface area contributed by atoms with Crippen molar-refractivity contribution in [3.8, 4) is 11.3 Å². The molecule has 0 amide bonds. The maximum atomic E-state index is 10.5. The Labute approximate surface area is 136 Å². The van der Waals surface area contributed by atoms with E-state index in [1.165, 1.54) is 0 Å². The van der Waals surface area contributed by atoms with Gasteiger partial charge in [-0.05, 0) is 43.4 Å². The number of rotatable bonds is 5. The van der Waals surface area contributed by atoms with E-state index in [0.29, 0.717) is 6.54 Å². The lowest BCUT2D eigenvalue weighted by Gasteiger charge is -2.32. The summed E-state index contributed by atoms with van der Waals surface area (Å²) >= 11 is 1.92. The molecule has 3 rings (SSSR count). The van der Waals surface area contributed by atoms with Crippen molar-refractivity contribution < 1.29 is 9.52 Å². The first-order valence-electron chi connectivity index (χ1n) is 7.85. The molecule has 2 N–H and O–H groups in total. The van der Waals surface area contributed by atoms with Crippen LogP contribution in [0.15, 0.2) is 46.9 Å². The molecule has 3 nitrogen and oxygen atoms in total. The molecular weight excluding hydrogens is 294 g/mol. The van der Waals surface area contributed by atoms with Crippen LogP contribution in [0.2, 0.25) is 0 Å². The summed E-state index contributed by atoms with van der Waals surface area (Å²) in [6, 6.07) is 14.2. The topological polar surface area (TPSA) is 45.4 Å². The molecule has 1 aliphatic rings. The van der Waals surface area contributed by atoms with Gasteiger partial charge in [0.25, 0.3) is 0 Å². The van der Waals surface area contributed by atoms with Crippen LogP contribution >= 0.6 is 11.8 Å². The first-order chi connectivity index (χ1) is 10.7. The van der Waals surface area contributed by atoms with E-state index in [-0.39, 0.29) is 6.04 Å². The van der Waals surface area contributed by atoms with Crippen LogP contribution in [0.4, 0.5) is 0 Å². The zero-order valence-corrected chi connectivity index (χ0v) is 13.7. The van der Waals surface area contributed by atoms with Gasteiger partial charge in [0, 0.05) is 12.1 Å². The van der Waals surface area contributed by atoms with Gasteiger partial charge in [-0.1, -0.05) is 30.3 Å². The molecule has 0 spiro atoms. The normalized spacial score (nSPS) is 19.0. The van der Waals surface area contributed by atoms with Crippen molar-refractivity contribution in [3.05, 3.63) is 48.2 Å². The molecular formula is C18H23NO2S. The Morgan fingerprint density at radius 1 is 1.18 bits per heavy atom. The second kappa shape index (κ2) is 6.90. The fraction of sp³-hybridized carbons (Fsp3) is 0.444. The third kappa shape index (κ3) is 3.75. The van der Waals surface area contributed by atoms with Crippen molar-refractivity contribution in [1.29, 1.82) is 0 Å². The Morgan fingerprint density at radius 2 is 1.91 bits per heavy atom. The number of hydrogen-bond acceptors (Lipinski definition) is 4. The molecule has 1 atom stereocenters. The average Bonchev–Trinajstić information content (AvgIpc) is 3.04. The zero-order valence-electron chi connectivity index (χ0n) is 12.9. The van der Waals surface area contributed by atoms with Gasteiger partial charge in [0.1, 0.15) is 11.5 Å². The van der Waals surface area contributed by atoms with E-state index in [9.17, 15) is 5.11 Å². The molecule has 0 radical (unpaired) electrons. The number of furan rings is 1. The molecule has 1 saturated heterocycles. The van der Waals surface area contributed by atoms with E-state index >= 15 is 0 Å². The summed E-state index contributed by atoms with van der Waals surface area (Å²) in [4.78, 5) is 0. The largest absolute Gasteiger partial charge is 0.459 e. The maximum Gasteiger partial charge on any atom is 0.134 e. The molecule has 1 aromatic heterocycles. The highest BCUT2D eigenvalue weighted by molar-refractivity contribution is 7.99. The number of nitrogens with one attached hydrogen (secondary N) is 1. The maximum absolute atomic E-state index is 10.5. The SMILES string of the molecule is CC(NCC1(O)CCSCC1)c1ccc(-c2ccccc2)o1. The van der Waals surface area contributed by atoms with Crippen LogP contribution in [0.1, 0.15) is 31.6 Å². The molecule has 4 heteroatoms. The third-order valence-electron chi connectivity index (χ3n) is 4.27. The highest BCUT2D eigenvalue weighted by Crippen LogP contribution is 2.28. The predicted molar refractivity (Wildman–Crippen MR) is 92.1 cm³/mol. The highest BCUT2D eigenvalue weighted by atomic mass is 32.2. The fourth-order valence-corrected chi connectivity index (χ4v) is 3.97. The summed E-state index contributed by atoms with van der Waals surface area (Å²) in [6.07, 6.45) is 1.73. The Balaban J connectivity index is 1.61. The third-order valence-corrected chi connectivity index (χ3v) is 5.26. The van der Waals surface area contributed by atoms with E-state index in [2.05, 4.69) is 12.2 Å². The lowest BCUT2D eigenvalue weighted by Crippen LogP contribution is -2.44. The Kier molecular flexibility index (Phi) is 4.91. The van der Waals surface area contributed by atoms with Crippen LogP contribution in [-0.2, 0) is 0 Å². The second-order valence-corrected chi connectivity index (χ2v) is 7.23. The van der Waals surface area contributed by atoms with E-state index in [4.69, 9.17) is 4.42 Å². The Hall–Kier alpha value is -1.23. The molecule has 0 bridgehead atoms. The summed E-state index contributed by atoms with van der Waals surface area (Å²) < 4.78 is 5.96. The van der Waals surface area contributed by atoms with Gasteiger partial charge in [0.05, 0.1) is 11.6 Å². The first-order valence-corrected chi connectivity index (χ1v) is 9.00. The molecule has 0 saturated carbocycles. The highest BCUT2D eigenvalue weighted by Gasteiger charge is 2.29. The van der Waals surface area contributed by atoms with Gasteiger partial charge in [0.15, 0.2) is 0 Å². The molecule has 1 unspecified atom stereocenters. The van der Waals surface area contributed by atoms with Gasteiger partial charge in [-0.25, -0.2) is 0 Å². The minimum Gasteiger partial charge on any atom is -0.459 e. The van der Waals surface area contributed by atoms with Crippen molar-refractivity contribution in [1.82, 2.24) is 5.32 Å². The van der Waals surface area contributed by atoms with Gasteiger partial charge in [0.2, 0.25) is 0 Å². The minimum absolute atomic E-state index is 0.0936. The van der Waals surface area contributed by atoms with Crippen molar-refractivity contribution in [2.75, 3.05) is 18.1 Å². The standard InChI is InChI=1S/C18H23NO2S/c1-14(19-13-18(20)9-11-22-12-10-18)16-7-8-17(21-16)15-5-3-2-4-6-15/h2-8,14,19-20H,9-13H2,1H3. The van der Waals surface area contributed by atoms with Crippen LogP contribution in [0.3, 0.4) is 0 Å². The second-order valence-electron chi connectivity index (χ2n) is 6.01. The summed E-state index contributed by atoms with van der Waals surface area (Å²) in [5.74, 6) is 3.89. The Morgan fingerprint density at radius 3 is 2.64 bits per heavy atom. The number of benzene rings is 1. The van der Waals surface area contributed by atoms with Crippen molar-refractivity contribution in [3.63, 3.8) is 0 Å². The molecule has 0 aliphatic carbocycles. The molecule has 22 heavy (non-hydrogen) atoms. The van der Waals surface area contributed by atoms with Gasteiger partial charge in [-0.2, -0.15) is 11.8 Å². The molecule has 1 aromatic carbocycles. The number of hydrogen-bond donors (Lipinski definition) is 2. The fourth-order valence-electron chi connectivity index (χ4n) is 2.71. The zero-order chi connectivity index (χ0) is 15.4. The quantitative estimate of drug-likeness (QED) is 0.879. The van der Waals surface area contributed by atoms with Crippen molar-refractivity contribution in [2.45, 2.75) is 31.4 Å². The van der Waals surface area contributed by atoms with Gasteiger partial charge in [-0.3, -0.25) is 0 Å². The average molecular weight is 317 g/mol. The van der Waals surface area contributed by atoms with E-state index in [1.54, 1.807) is 0 Å². The van der Waals surface area contributed by atoms with Gasteiger partial charge < -0.3 is 14.8 Å². The molecule has 1 fully saturated rings. The summed E-state index contributed by atoms with van der Waals surface area (Å²) in [5, 5.41) is 14.0. The van der Waals surface area contributed by atoms with E-state index in [1.807, 2.05) is 54.2 Å². The number of thioether (sulfide) groups is 1. The lowest BCUT2D eigenvalue weighted by atomic mass is 9.96. The smallest absolute Gasteiger partial charge is 0.134 e. The van der Waals surface area contributed by atoms with E-state index in [0.717, 1.165) is 41.4 Å². The molecule has 2 heterocycles. The monoisotopic (exact) mass is 317 g/mol. The Bertz CT molecular complexity index is 590. The molecule has 2 aromatic rings. The van der Waals surface area contributed by atoms with Gasteiger partial charge >= 0.3 is 0 Å². The lowest BCUT2D eigenvalue weighted by molar-refractivity contribution is 0.0295. The molecule has 1 aliphatic heterocycles. The van der Waals surface area contributed by atoms with Gasteiger partial charge in [-0.15, -0.1) is 0 Å². The van der Waals surface area contributed by atoms with Crippen LogP contribution in [0, 0.1) is 0 Å². The van der Waals surface area contributed by atoms with Crippen molar-refractivity contribution >= 4 is 11.8 Å². The molecule has 118 valence electrons. The summed E-state index contributed by atoms with van der Waals surface area (Å²) in [5.41, 5.74) is 0.526. The van der Waals surface area contributed by atoms with Crippen LogP contribution in [0.25, 0.3) is 11.3 Å². The summed E-state index contributed by atoms with van der Waals surface area (Å²) in [7, 11) is 0. The number of aliphatic hydroxyl groups is 1. The summed E-state index contributed by atoms with van der Waals surface area (Å²) in [6.45, 7) is 2.70. The van der Waals surface area contributed by atoms with Crippen LogP contribution in [-0.4, -0.2) is 28.8 Å². The van der Waals surface area contributed by atoms with Crippen LogP contribution in [0.5, 0.6) is 0 Å². The minimum atomic E-state index is -0.561. The first kappa shape index (κ1) is 15.7.